The average Bonchev–Trinajstić information content (AvgIpc) is 2.33. The van der Waals surface area contributed by atoms with Crippen LogP contribution in [0.15, 0.2) is 30.7 Å². The van der Waals surface area contributed by atoms with Crippen molar-refractivity contribution in [2.75, 3.05) is 5.73 Å². The lowest BCUT2D eigenvalue weighted by Gasteiger charge is -2.11. The Balaban J connectivity index is 2.30. The Bertz CT molecular complexity index is 604. The number of hydrogen-bond donors (Lipinski definition) is 1. The first kappa shape index (κ1) is 13.8. The first-order valence-corrected chi connectivity index (χ1v) is 6.06. The molecule has 0 saturated heterocycles. The van der Waals surface area contributed by atoms with Crippen LogP contribution < -0.4 is 10.5 Å². The summed E-state index contributed by atoms with van der Waals surface area (Å²) in [5, 5.41) is 0. The molecule has 0 bridgehead atoms. The first-order chi connectivity index (χ1) is 8.88. The topological polar surface area (TPSA) is 61.0 Å². The van der Waals surface area contributed by atoms with E-state index >= 15 is 0 Å². The largest absolute Gasteiger partial charge is 0.436 e. The molecule has 0 fully saturated rings. The van der Waals surface area contributed by atoms with Crippen LogP contribution in [0.25, 0.3) is 0 Å². The number of ether oxygens (including phenoxy) is 1. The van der Waals surface area contributed by atoms with Crippen molar-refractivity contribution >= 4 is 28.3 Å². The van der Waals surface area contributed by atoms with Gasteiger partial charge in [0.25, 0.3) is 0 Å². The van der Waals surface area contributed by atoms with Crippen LogP contribution >= 0.6 is 22.6 Å². The Labute approximate surface area is 120 Å². The number of anilines is 1. The van der Waals surface area contributed by atoms with Crippen LogP contribution in [0, 0.1) is 3.57 Å². The number of hydrogen-bond acceptors (Lipinski definition) is 4. The Morgan fingerprint density at radius 1 is 1.26 bits per heavy atom. The maximum Gasteiger partial charge on any atom is 0.416 e. The Morgan fingerprint density at radius 3 is 2.58 bits per heavy atom. The van der Waals surface area contributed by atoms with Gasteiger partial charge in [-0.1, -0.05) is 0 Å². The molecule has 2 rings (SSSR count). The minimum absolute atomic E-state index is 0.107. The van der Waals surface area contributed by atoms with Crippen LogP contribution in [-0.4, -0.2) is 9.97 Å². The molecule has 0 radical (unpaired) electrons. The van der Waals surface area contributed by atoms with Crippen LogP contribution in [0.5, 0.6) is 11.6 Å². The van der Waals surface area contributed by atoms with Gasteiger partial charge in [-0.15, -0.1) is 0 Å². The molecule has 2 N–H and O–H groups in total. The van der Waals surface area contributed by atoms with Crippen LogP contribution in [0.1, 0.15) is 5.56 Å². The molecule has 0 aliphatic carbocycles. The van der Waals surface area contributed by atoms with Gasteiger partial charge in [0.15, 0.2) is 5.75 Å². The summed E-state index contributed by atoms with van der Waals surface area (Å²) in [6.07, 6.45) is -1.64. The molecule has 1 heterocycles. The van der Waals surface area contributed by atoms with Crippen molar-refractivity contribution in [3.63, 3.8) is 0 Å². The zero-order valence-corrected chi connectivity index (χ0v) is 11.4. The predicted octanol–water partition coefficient (Wildman–Crippen LogP) is 3.47. The molecule has 1 aromatic carbocycles. The molecule has 8 heteroatoms. The summed E-state index contributed by atoms with van der Waals surface area (Å²) in [6, 6.07) is 2.89. The lowest BCUT2D eigenvalue weighted by molar-refractivity contribution is -0.137. The van der Waals surface area contributed by atoms with Crippen molar-refractivity contribution in [1.82, 2.24) is 9.97 Å². The molecule has 0 unspecified atom stereocenters. The van der Waals surface area contributed by atoms with Gasteiger partial charge in [-0.05, 0) is 40.8 Å². The zero-order valence-electron chi connectivity index (χ0n) is 9.28. The van der Waals surface area contributed by atoms with Crippen molar-refractivity contribution < 1.29 is 17.9 Å². The number of halogens is 4. The van der Waals surface area contributed by atoms with E-state index in [1.165, 1.54) is 12.5 Å². The van der Waals surface area contributed by atoms with E-state index in [4.69, 9.17) is 10.5 Å². The summed E-state index contributed by atoms with van der Waals surface area (Å²) in [6.45, 7) is 0. The van der Waals surface area contributed by atoms with Crippen molar-refractivity contribution in [3.05, 3.63) is 39.9 Å². The molecule has 0 amide bonds. The molecule has 0 spiro atoms. The molecule has 0 aliphatic rings. The highest BCUT2D eigenvalue weighted by molar-refractivity contribution is 14.1. The third kappa shape index (κ3) is 3.25. The highest BCUT2D eigenvalue weighted by Gasteiger charge is 2.31. The quantitative estimate of drug-likeness (QED) is 0.640. The van der Waals surface area contributed by atoms with Crippen LogP contribution in [0.4, 0.5) is 18.9 Å². The van der Waals surface area contributed by atoms with Gasteiger partial charge in [0.05, 0.1) is 14.8 Å². The summed E-state index contributed by atoms with van der Waals surface area (Å²) in [5.41, 5.74) is 4.61. The summed E-state index contributed by atoms with van der Waals surface area (Å²) in [4.78, 5) is 7.64. The lowest BCUT2D eigenvalue weighted by Crippen LogP contribution is -2.06. The molecule has 100 valence electrons. The third-order valence-corrected chi connectivity index (χ3v) is 2.92. The monoisotopic (exact) mass is 381 g/mol. The third-order valence-electron chi connectivity index (χ3n) is 2.18. The SMILES string of the molecule is Nc1cc(C(F)(F)F)ccc1Oc1ncncc1I. The molecule has 0 aliphatic heterocycles. The molecular formula is C11H7F3IN3O. The second kappa shape index (κ2) is 5.19. The number of rotatable bonds is 2. The summed E-state index contributed by atoms with van der Waals surface area (Å²) < 4.78 is 43.4. The number of nitrogen functional groups attached to an aromatic ring is 1. The minimum Gasteiger partial charge on any atom is -0.436 e. The molecule has 1 aromatic heterocycles. The van der Waals surface area contributed by atoms with Gasteiger partial charge in [0, 0.05) is 6.20 Å². The smallest absolute Gasteiger partial charge is 0.416 e. The Morgan fingerprint density at radius 2 is 2.00 bits per heavy atom. The van der Waals surface area contributed by atoms with Gasteiger partial charge in [0.1, 0.15) is 6.33 Å². The van der Waals surface area contributed by atoms with Crippen molar-refractivity contribution in [3.8, 4) is 11.6 Å². The number of nitrogens with zero attached hydrogens (tertiary/aromatic N) is 2. The van der Waals surface area contributed by atoms with Crippen molar-refractivity contribution in [1.29, 1.82) is 0 Å². The van der Waals surface area contributed by atoms with Gasteiger partial charge in [0.2, 0.25) is 5.88 Å². The fraction of sp³-hybridized carbons (Fsp3) is 0.0909. The van der Waals surface area contributed by atoms with E-state index in [-0.39, 0.29) is 17.3 Å². The first-order valence-electron chi connectivity index (χ1n) is 4.98. The Hall–Kier alpha value is -1.58. The molecule has 0 atom stereocenters. The predicted molar refractivity (Wildman–Crippen MR) is 70.7 cm³/mol. The Kier molecular flexibility index (Phi) is 3.78. The molecule has 2 aromatic rings. The summed E-state index contributed by atoms with van der Waals surface area (Å²) >= 11 is 1.95. The number of benzene rings is 1. The van der Waals surface area contributed by atoms with Gasteiger partial charge >= 0.3 is 6.18 Å². The highest BCUT2D eigenvalue weighted by atomic mass is 127. The lowest BCUT2D eigenvalue weighted by atomic mass is 10.2. The van der Waals surface area contributed by atoms with Crippen LogP contribution in [0.3, 0.4) is 0 Å². The highest BCUT2D eigenvalue weighted by Crippen LogP contribution is 2.35. The van der Waals surface area contributed by atoms with Crippen LogP contribution in [-0.2, 0) is 6.18 Å². The number of nitrogens with two attached hydrogens (primary N) is 1. The van der Waals surface area contributed by atoms with Crippen molar-refractivity contribution in [2.45, 2.75) is 6.18 Å². The number of alkyl halides is 3. The van der Waals surface area contributed by atoms with E-state index in [1.54, 1.807) is 0 Å². The van der Waals surface area contributed by atoms with Gasteiger partial charge < -0.3 is 10.5 Å². The van der Waals surface area contributed by atoms with Gasteiger partial charge in [-0.2, -0.15) is 13.2 Å². The molecule has 0 saturated carbocycles. The summed E-state index contributed by atoms with van der Waals surface area (Å²) in [5.74, 6) is 0.353. The van der Waals surface area contributed by atoms with E-state index in [2.05, 4.69) is 9.97 Å². The van der Waals surface area contributed by atoms with E-state index < -0.39 is 11.7 Å². The van der Waals surface area contributed by atoms with E-state index in [0.29, 0.717) is 3.57 Å². The molecule has 19 heavy (non-hydrogen) atoms. The average molecular weight is 381 g/mol. The maximum atomic E-state index is 12.5. The van der Waals surface area contributed by atoms with E-state index in [1.807, 2.05) is 22.6 Å². The molecular weight excluding hydrogens is 374 g/mol. The van der Waals surface area contributed by atoms with E-state index in [0.717, 1.165) is 18.2 Å². The van der Waals surface area contributed by atoms with Gasteiger partial charge in [-0.25, -0.2) is 9.97 Å². The molecule has 4 nitrogen and oxygen atoms in total. The maximum absolute atomic E-state index is 12.5. The zero-order chi connectivity index (χ0) is 14.0. The fourth-order valence-electron chi connectivity index (χ4n) is 1.30. The second-order valence-corrected chi connectivity index (χ2v) is 4.69. The van der Waals surface area contributed by atoms with Crippen LogP contribution in [0.2, 0.25) is 0 Å². The standard InChI is InChI=1S/C11H7F3IN3O/c12-11(13,14)6-1-2-9(8(16)3-6)19-10-7(15)4-17-5-18-10/h1-5H,16H2. The summed E-state index contributed by atoms with van der Waals surface area (Å²) in [7, 11) is 0. The van der Waals surface area contributed by atoms with Crippen molar-refractivity contribution in [2.24, 2.45) is 0 Å². The second-order valence-electron chi connectivity index (χ2n) is 3.53. The normalized spacial score (nSPS) is 11.4. The van der Waals surface area contributed by atoms with E-state index in [9.17, 15) is 13.2 Å². The fourth-order valence-corrected chi connectivity index (χ4v) is 1.71. The number of aromatic nitrogens is 2. The minimum atomic E-state index is -4.43. The van der Waals surface area contributed by atoms with Gasteiger partial charge in [-0.3, -0.25) is 0 Å².